The predicted octanol–water partition coefficient (Wildman–Crippen LogP) is 0.510. The summed E-state index contributed by atoms with van der Waals surface area (Å²) < 4.78 is 41.4. The minimum atomic E-state index is -5.00. The van der Waals surface area contributed by atoms with Gasteiger partial charge in [-0.3, -0.25) is 14.2 Å². The lowest BCUT2D eigenvalue weighted by atomic mass is 10.2. The Morgan fingerprint density at radius 1 is 1.08 bits per heavy atom. The molecule has 0 aliphatic rings. The molecule has 198 valence electrons. The number of carbonyl (C=O) groups is 2. The fraction of sp³-hybridized carbons (Fsp3) is 0.190. The molecule has 1 atom stereocenters. The number of carbonyl (C=O) groups excluding carboxylic acids is 2. The summed E-state index contributed by atoms with van der Waals surface area (Å²) in [6, 6.07) is 8.48. The van der Waals surface area contributed by atoms with Crippen LogP contribution in [0.25, 0.3) is 17.2 Å². The van der Waals surface area contributed by atoms with Gasteiger partial charge in [0, 0.05) is 16.8 Å². The van der Waals surface area contributed by atoms with Crippen LogP contribution in [0.5, 0.6) is 0 Å². The molecule has 3 aromatic heterocycles. The van der Waals surface area contributed by atoms with E-state index in [1.807, 2.05) is 0 Å². The first-order chi connectivity index (χ1) is 17.9. The lowest BCUT2D eigenvalue weighted by Crippen LogP contribution is -2.37. The number of nitrogens with zero attached hydrogens (tertiary/aromatic N) is 7. The molecule has 38 heavy (non-hydrogen) atoms. The second kappa shape index (κ2) is 10.1. The van der Waals surface area contributed by atoms with E-state index in [1.165, 1.54) is 42.6 Å². The van der Waals surface area contributed by atoms with E-state index in [2.05, 4.69) is 20.2 Å². The van der Waals surface area contributed by atoms with Crippen LogP contribution in [0.2, 0.25) is 5.02 Å². The van der Waals surface area contributed by atoms with E-state index >= 15 is 0 Å². The van der Waals surface area contributed by atoms with Gasteiger partial charge in [-0.1, -0.05) is 11.6 Å². The number of rotatable bonds is 8. The van der Waals surface area contributed by atoms with Crippen LogP contribution in [0.15, 0.2) is 47.4 Å². The molecule has 5 N–H and O–H groups in total. The standard InChI is InChI=1S/C21H17ClF3N9O4/c22-11-5-3-10(4-6-11)17-31-33(20(38)32(17)8-13(35)21(23,24)25)9-14-29-19(16(27)37)34(30-14)18-12(15(26)36)2-1-7-28-18/h1-7,13,35H,8-9H2,(H2,26,36)(H2,27,37)/t13-/m0/s1. The number of hydrogen-bond donors (Lipinski definition) is 3. The number of primary amides is 2. The Balaban J connectivity index is 1.80. The van der Waals surface area contributed by atoms with E-state index in [-0.39, 0.29) is 28.6 Å². The van der Waals surface area contributed by atoms with Crippen molar-refractivity contribution in [3.63, 3.8) is 0 Å². The SMILES string of the molecule is NC(=O)c1cccnc1-n1nc(Cn2nc(-c3ccc(Cl)cc3)n(C[C@H](O)C(F)(F)F)c2=O)nc1C(N)=O. The van der Waals surface area contributed by atoms with E-state index in [0.717, 1.165) is 9.36 Å². The van der Waals surface area contributed by atoms with Crippen molar-refractivity contribution in [1.82, 2.24) is 34.1 Å². The zero-order valence-electron chi connectivity index (χ0n) is 19.0. The Bertz CT molecular complexity index is 1580. The summed E-state index contributed by atoms with van der Waals surface area (Å²) in [5.74, 6) is -2.99. The smallest absolute Gasteiger partial charge is 0.382 e. The van der Waals surface area contributed by atoms with Gasteiger partial charge in [-0.2, -0.15) is 17.9 Å². The molecule has 0 saturated carbocycles. The van der Waals surface area contributed by atoms with Gasteiger partial charge in [-0.25, -0.2) is 19.4 Å². The monoisotopic (exact) mass is 551 g/mol. The molecule has 2 amide bonds. The molecule has 17 heteroatoms. The van der Waals surface area contributed by atoms with E-state index in [0.29, 0.717) is 9.59 Å². The number of benzene rings is 1. The molecule has 13 nitrogen and oxygen atoms in total. The Morgan fingerprint density at radius 3 is 2.37 bits per heavy atom. The summed E-state index contributed by atoms with van der Waals surface area (Å²) >= 11 is 5.88. The summed E-state index contributed by atoms with van der Waals surface area (Å²) in [6.45, 7) is -1.68. The van der Waals surface area contributed by atoms with E-state index in [1.54, 1.807) is 0 Å². The summed E-state index contributed by atoms with van der Waals surface area (Å²) in [5.41, 5.74) is 9.83. The topological polar surface area (TPSA) is 190 Å². The average molecular weight is 552 g/mol. The highest BCUT2D eigenvalue weighted by molar-refractivity contribution is 6.30. The van der Waals surface area contributed by atoms with Crippen molar-refractivity contribution in [3.8, 4) is 17.2 Å². The largest absolute Gasteiger partial charge is 0.416 e. The first kappa shape index (κ1) is 26.5. The normalized spacial score (nSPS) is 12.4. The van der Waals surface area contributed by atoms with Crippen LogP contribution in [0.3, 0.4) is 0 Å². The summed E-state index contributed by atoms with van der Waals surface area (Å²) in [5, 5.41) is 18.1. The summed E-state index contributed by atoms with van der Waals surface area (Å²) in [4.78, 5) is 44.9. The van der Waals surface area contributed by atoms with Crippen LogP contribution < -0.4 is 17.2 Å². The van der Waals surface area contributed by atoms with Crippen molar-refractivity contribution in [3.05, 3.63) is 75.3 Å². The molecular weight excluding hydrogens is 535 g/mol. The highest BCUT2D eigenvalue weighted by atomic mass is 35.5. The molecule has 0 aliphatic heterocycles. The lowest BCUT2D eigenvalue weighted by molar-refractivity contribution is -0.207. The van der Waals surface area contributed by atoms with Gasteiger partial charge in [-0.05, 0) is 36.4 Å². The zero-order valence-corrected chi connectivity index (χ0v) is 19.8. The highest BCUT2D eigenvalue weighted by Crippen LogP contribution is 2.24. The lowest BCUT2D eigenvalue weighted by Gasteiger charge is -2.15. The molecule has 3 heterocycles. The third-order valence-electron chi connectivity index (χ3n) is 5.17. The minimum Gasteiger partial charge on any atom is -0.382 e. The molecular formula is C21H17ClF3N9O4. The Labute approximate surface area is 215 Å². The number of amides is 2. The molecule has 0 bridgehead atoms. The average Bonchev–Trinajstić information content (AvgIpc) is 3.41. The number of aromatic nitrogens is 7. The molecule has 4 rings (SSSR count). The van der Waals surface area contributed by atoms with Gasteiger partial charge in [0.05, 0.1) is 12.1 Å². The van der Waals surface area contributed by atoms with Crippen molar-refractivity contribution in [2.24, 2.45) is 11.5 Å². The van der Waals surface area contributed by atoms with Crippen LogP contribution >= 0.6 is 11.6 Å². The van der Waals surface area contributed by atoms with Crippen molar-refractivity contribution in [1.29, 1.82) is 0 Å². The molecule has 1 aromatic carbocycles. The Morgan fingerprint density at radius 2 is 1.76 bits per heavy atom. The quantitative estimate of drug-likeness (QED) is 0.282. The molecule has 0 fully saturated rings. The molecule has 4 aromatic rings. The second-order valence-corrected chi connectivity index (χ2v) is 8.24. The van der Waals surface area contributed by atoms with Crippen molar-refractivity contribution >= 4 is 23.4 Å². The number of pyridine rings is 1. The second-order valence-electron chi connectivity index (χ2n) is 7.81. The molecule has 0 unspecified atom stereocenters. The summed E-state index contributed by atoms with van der Waals surface area (Å²) in [6.07, 6.45) is -6.57. The maximum atomic E-state index is 13.1. The minimum absolute atomic E-state index is 0.112. The number of nitrogens with two attached hydrogens (primary N) is 2. The number of alkyl halides is 3. The number of aliphatic hydroxyl groups excluding tert-OH is 1. The maximum absolute atomic E-state index is 13.1. The van der Waals surface area contributed by atoms with Gasteiger partial charge in [0.15, 0.2) is 23.6 Å². The third kappa shape index (κ3) is 5.25. The van der Waals surface area contributed by atoms with Crippen molar-refractivity contribution in [2.75, 3.05) is 0 Å². The molecule has 0 spiro atoms. The van der Waals surface area contributed by atoms with Gasteiger partial charge in [0.1, 0.15) is 6.54 Å². The number of halogens is 4. The van der Waals surface area contributed by atoms with E-state index in [4.69, 9.17) is 23.1 Å². The number of aliphatic hydroxyl groups is 1. The van der Waals surface area contributed by atoms with Gasteiger partial charge < -0.3 is 16.6 Å². The first-order valence-corrected chi connectivity index (χ1v) is 10.9. The number of hydrogen-bond acceptors (Lipinski definition) is 8. The van der Waals surface area contributed by atoms with Gasteiger partial charge in [0.2, 0.25) is 5.82 Å². The van der Waals surface area contributed by atoms with Crippen LogP contribution in [-0.4, -0.2) is 63.3 Å². The van der Waals surface area contributed by atoms with Crippen LogP contribution in [-0.2, 0) is 13.1 Å². The van der Waals surface area contributed by atoms with Crippen LogP contribution in [0.4, 0.5) is 13.2 Å². The van der Waals surface area contributed by atoms with Crippen LogP contribution in [0, 0.1) is 0 Å². The van der Waals surface area contributed by atoms with Gasteiger partial charge in [0.25, 0.3) is 11.8 Å². The Hall–Kier alpha value is -4.57. The molecule has 0 aliphatic carbocycles. The predicted molar refractivity (Wildman–Crippen MR) is 124 cm³/mol. The third-order valence-corrected chi connectivity index (χ3v) is 5.43. The fourth-order valence-electron chi connectivity index (χ4n) is 3.42. The van der Waals surface area contributed by atoms with Crippen LogP contribution in [0.1, 0.15) is 26.8 Å². The summed E-state index contributed by atoms with van der Waals surface area (Å²) in [7, 11) is 0. The molecule has 0 radical (unpaired) electrons. The maximum Gasteiger partial charge on any atom is 0.416 e. The van der Waals surface area contributed by atoms with Gasteiger partial charge >= 0.3 is 11.9 Å². The van der Waals surface area contributed by atoms with Gasteiger partial charge in [-0.15, -0.1) is 10.2 Å². The Kier molecular flexibility index (Phi) is 7.01. The molecule has 0 saturated heterocycles. The highest BCUT2D eigenvalue weighted by Gasteiger charge is 2.39. The van der Waals surface area contributed by atoms with E-state index in [9.17, 15) is 32.7 Å². The van der Waals surface area contributed by atoms with Crippen molar-refractivity contribution in [2.45, 2.75) is 25.4 Å². The van der Waals surface area contributed by atoms with E-state index < -0.39 is 48.7 Å². The fourth-order valence-corrected chi connectivity index (χ4v) is 3.54. The van der Waals surface area contributed by atoms with Crippen molar-refractivity contribution < 1.29 is 27.9 Å². The first-order valence-electron chi connectivity index (χ1n) is 10.6. The zero-order chi connectivity index (χ0) is 27.8.